The van der Waals surface area contributed by atoms with Gasteiger partial charge in [0.2, 0.25) is 0 Å². The third-order valence-electron chi connectivity index (χ3n) is 2.75. The van der Waals surface area contributed by atoms with Crippen molar-refractivity contribution in [2.45, 2.75) is 25.8 Å². The van der Waals surface area contributed by atoms with Crippen LogP contribution in [-0.4, -0.2) is 31.3 Å². The summed E-state index contributed by atoms with van der Waals surface area (Å²) in [6.45, 7) is 1.76. The summed E-state index contributed by atoms with van der Waals surface area (Å²) in [6.07, 6.45) is 0.442. The van der Waals surface area contributed by atoms with Crippen LogP contribution >= 0.6 is 11.6 Å². The number of hydrogen-bond acceptors (Lipinski definition) is 4. The monoisotopic (exact) mass is 280 g/mol. The quantitative estimate of drug-likeness (QED) is 0.905. The van der Waals surface area contributed by atoms with Gasteiger partial charge in [-0.15, -0.1) is 5.10 Å². The first-order valence-corrected chi connectivity index (χ1v) is 6.17. The zero-order valence-electron chi connectivity index (χ0n) is 10.3. The van der Waals surface area contributed by atoms with Crippen molar-refractivity contribution < 1.29 is 9.90 Å². The second-order valence-electron chi connectivity index (χ2n) is 4.25. The largest absolute Gasteiger partial charge is 0.481 e. The first-order valence-electron chi connectivity index (χ1n) is 5.80. The van der Waals surface area contributed by atoms with E-state index >= 15 is 0 Å². The standard InChI is InChI=1S/C12H13ClN4O2/c1-8(6-12(18)19)17-11(14-15-16-17)7-9-4-2-3-5-10(9)13/h2-5,8H,6-7H2,1H3,(H,18,19). The molecule has 0 aliphatic heterocycles. The summed E-state index contributed by atoms with van der Waals surface area (Å²) in [5.41, 5.74) is 0.905. The second-order valence-corrected chi connectivity index (χ2v) is 4.66. The Morgan fingerprint density at radius 1 is 1.47 bits per heavy atom. The van der Waals surface area contributed by atoms with Crippen molar-refractivity contribution in [3.05, 3.63) is 40.7 Å². The summed E-state index contributed by atoms with van der Waals surface area (Å²) in [6, 6.07) is 7.12. The van der Waals surface area contributed by atoms with Crippen LogP contribution < -0.4 is 0 Å². The molecule has 2 aromatic rings. The van der Waals surface area contributed by atoms with Gasteiger partial charge in [-0.3, -0.25) is 4.79 Å². The van der Waals surface area contributed by atoms with Crippen LogP contribution in [0.2, 0.25) is 5.02 Å². The van der Waals surface area contributed by atoms with Crippen molar-refractivity contribution in [1.29, 1.82) is 0 Å². The molecule has 6 nitrogen and oxygen atoms in total. The van der Waals surface area contributed by atoms with Gasteiger partial charge < -0.3 is 5.11 Å². The van der Waals surface area contributed by atoms with Crippen molar-refractivity contribution in [2.24, 2.45) is 0 Å². The second kappa shape index (κ2) is 5.79. The Hall–Kier alpha value is -1.95. The van der Waals surface area contributed by atoms with Crippen LogP contribution in [0.3, 0.4) is 0 Å². The maximum atomic E-state index is 10.7. The number of rotatable bonds is 5. The molecular formula is C12H13ClN4O2. The van der Waals surface area contributed by atoms with Gasteiger partial charge in [-0.25, -0.2) is 4.68 Å². The number of aliphatic carboxylic acids is 1. The third kappa shape index (κ3) is 3.29. The summed E-state index contributed by atoms with van der Waals surface area (Å²) in [7, 11) is 0. The first-order chi connectivity index (χ1) is 9.08. The van der Waals surface area contributed by atoms with Crippen LogP contribution in [0.25, 0.3) is 0 Å². The molecule has 0 fully saturated rings. The van der Waals surface area contributed by atoms with Gasteiger partial charge in [0.1, 0.15) is 0 Å². The fourth-order valence-electron chi connectivity index (χ4n) is 1.82. The molecule has 0 aliphatic carbocycles. The Balaban J connectivity index is 2.20. The van der Waals surface area contributed by atoms with E-state index in [4.69, 9.17) is 16.7 Å². The number of hydrogen-bond donors (Lipinski definition) is 1. The molecule has 1 aromatic heterocycles. The van der Waals surface area contributed by atoms with Crippen LogP contribution in [-0.2, 0) is 11.2 Å². The molecule has 7 heteroatoms. The zero-order chi connectivity index (χ0) is 13.8. The van der Waals surface area contributed by atoms with Gasteiger partial charge in [-0.2, -0.15) is 0 Å². The number of carboxylic acids is 1. The normalized spacial score (nSPS) is 12.3. The molecule has 0 aliphatic rings. The molecule has 0 spiro atoms. The molecule has 0 radical (unpaired) electrons. The molecule has 1 unspecified atom stereocenters. The summed E-state index contributed by atoms with van der Waals surface area (Å²) in [4.78, 5) is 10.7. The molecule has 100 valence electrons. The Morgan fingerprint density at radius 3 is 2.89 bits per heavy atom. The lowest BCUT2D eigenvalue weighted by molar-refractivity contribution is -0.137. The fraction of sp³-hybridized carbons (Fsp3) is 0.333. The number of carbonyl (C=O) groups is 1. The molecule has 0 saturated carbocycles. The Labute approximate surface area is 115 Å². The Kier molecular flexibility index (Phi) is 4.11. The van der Waals surface area contributed by atoms with Crippen LogP contribution in [0.4, 0.5) is 0 Å². The maximum absolute atomic E-state index is 10.7. The summed E-state index contributed by atoms with van der Waals surface area (Å²) < 4.78 is 1.53. The van der Waals surface area contributed by atoms with Gasteiger partial charge in [0.05, 0.1) is 12.5 Å². The highest BCUT2D eigenvalue weighted by Gasteiger charge is 2.16. The van der Waals surface area contributed by atoms with E-state index in [1.54, 1.807) is 13.0 Å². The van der Waals surface area contributed by atoms with Crippen molar-refractivity contribution in [3.63, 3.8) is 0 Å². The van der Waals surface area contributed by atoms with Gasteiger partial charge in [0, 0.05) is 11.4 Å². The van der Waals surface area contributed by atoms with Crippen molar-refractivity contribution >= 4 is 17.6 Å². The topological polar surface area (TPSA) is 80.9 Å². The lowest BCUT2D eigenvalue weighted by Crippen LogP contribution is -2.15. The third-order valence-corrected chi connectivity index (χ3v) is 3.12. The SMILES string of the molecule is CC(CC(=O)O)n1nnnc1Cc1ccccc1Cl. The highest BCUT2D eigenvalue weighted by atomic mass is 35.5. The molecule has 2 rings (SSSR count). The fourth-order valence-corrected chi connectivity index (χ4v) is 2.02. The lowest BCUT2D eigenvalue weighted by Gasteiger charge is -2.11. The van der Waals surface area contributed by atoms with E-state index in [0.29, 0.717) is 17.3 Å². The van der Waals surface area contributed by atoms with E-state index in [-0.39, 0.29) is 12.5 Å². The van der Waals surface area contributed by atoms with Gasteiger partial charge >= 0.3 is 5.97 Å². The molecule has 1 aromatic carbocycles. The van der Waals surface area contributed by atoms with E-state index in [1.165, 1.54) is 4.68 Å². The van der Waals surface area contributed by atoms with E-state index in [2.05, 4.69) is 15.5 Å². The van der Waals surface area contributed by atoms with Crippen LogP contribution in [0.1, 0.15) is 30.8 Å². The van der Waals surface area contributed by atoms with Crippen molar-refractivity contribution in [2.75, 3.05) is 0 Å². The molecule has 0 amide bonds. The summed E-state index contributed by atoms with van der Waals surface area (Å²) in [5.74, 6) is -0.284. The smallest absolute Gasteiger partial charge is 0.305 e. The van der Waals surface area contributed by atoms with Crippen LogP contribution in [0, 0.1) is 0 Å². The first kappa shape index (κ1) is 13.5. The minimum Gasteiger partial charge on any atom is -0.481 e. The van der Waals surface area contributed by atoms with Gasteiger partial charge in [-0.1, -0.05) is 29.8 Å². The number of nitrogens with zero attached hydrogens (tertiary/aromatic N) is 4. The summed E-state index contributed by atoms with van der Waals surface area (Å²) >= 11 is 6.09. The minimum absolute atomic E-state index is 0.0272. The predicted octanol–water partition coefficient (Wildman–Crippen LogP) is 1.95. The van der Waals surface area contributed by atoms with Crippen molar-refractivity contribution in [3.8, 4) is 0 Å². The van der Waals surface area contributed by atoms with Gasteiger partial charge in [0.15, 0.2) is 5.82 Å². The van der Waals surface area contributed by atoms with Gasteiger partial charge in [-0.05, 0) is 29.0 Å². The van der Waals surface area contributed by atoms with E-state index in [1.807, 2.05) is 18.2 Å². The maximum Gasteiger partial charge on any atom is 0.305 e. The Morgan fingerprint density at radius 2 is 2.21 bits per heavy atom. The summed E-state index contributed by atoms with van der Waals surface area (Å²) in [5, 5.41) is 20.8. The molecule has 0 bridgehead atoms. The number of tetrazole rings is 1. The minimum atomic E-state index is -0.883. The number of benzene rings is 1. The van der Waals surface area contributed by atoms with Crippen LogP contribution in [0.5, 0.6) is 0 Å². The average Bonchev–Trinajstić information content (AvgIpc) is 2.79. The van der Waals surface area contributed by atoms with E-state index < -0.39 is 5.97 Å². The molecule has 1 heterocycles. The average molecular weight is 281 g/mol. The molecule has 19 heavy (non-hydrogen) atoms. The molecular weight excluding hydrogens is 268 g/mol. The molecule has 0 saturated heterocycles. The van der Waals surface area contributed by atoms with Crippen LogP contribution in [0.15, 0.2) is 24.3 Å². The molecule has 1 N–H and O–H groups in total. The number of aromatic nitrogens is 4. The zero-order valence-corrected chi connectivity index (χ0v) is 11.1. The van der Waals surface area contributed by atoms with E-state index in [9.17, 15) is 4.79 Å². The highest BCUT2D eigenvalue weighted by molar-refractivity contribution is 6.31. The lowest BCUT2D eigenvalue weighted by atomic mass is 10.1. The molecule has 1 atom stereocenters. The van der Waals surface area contributed by atoms with Crippen molar-refractivity contribution in [1.82, 2.24) is 20.2 Å². The highest BCUT2D eigenvalue weighted by Crippen LogP contribution is 2.19. The van der Waals surface area contributed by atoms with Gasteiger partial charge in [0.25, 0.3) is 0 Å². The Bertz CT molecular complexity index is 585. The predicted molar refractivity (Wildman–Crippen MR) is 69.0 cm³/mol. The number of halogens is 1. The van der Waals surface area contributed by atoms with E-state index in [0.717, 1.165) is 5.56 Å². The number of carboxylic acid groups (broad SMARTS) is 1.